The van der Waals surface area contributed by atoms with E-state index in [2.05, 4.69) is 4.74 Å². The Morgan fingerprint density at radius 1 is 1.50 bits per heavy atom. The van der Waals surface area contributed by atoms with Gasteiger partial charge in [0.05, 0.1) is 11.4 Å². The van der Waals surface area contributed by atoms with E-state index in [0.29, 0.717) is 6.07 Å². The predicted molar refractivity (Wildman–Crippen MR) is 49.4 cm³/mol. The maximum atomic E-state index is 12.9. The molecule has 0 saturated carbocycles. The Morgan fingerprint density at radius 3 is 2.62 bits per heavy atom. The van der Waals surface area contributed by atoms with Crippen molar-refractivity contribution in [1.29, 1.82) is 0 Å². The SMILES string of the molecule is O=C(O)Cc1cc(F)cc(OC(F)F)c1Cl. The number of aliphatic carboxylic acids is 1. The second-order valence-corrected chi connectivity index (χ2v) is 3.20. The zero-order valence-electron chi connectivity index (χ0n) is 7.71. The van der Waals surface area contributed by atoms with Crippen molar-refractivity contribution in [2.45, 2.75) is 13.0 Å². The van der Waals surface area contributed by atoms with Crippen molar-refractivity contribution in [2.75, 3.05) is 0 Å². The van der Waals surface area contributed by atoms with Gasteiger partial charge in [-0.1, -0.05) is 11.6 Å². The molecule has 7 heteroatoms. The van der Waals surface area contributed by atoms with Crippen LogP contribution in [-0.4, -0.2) is 17.7 Å². The highest BCUT2D eigenvalue weighted by Crippen LogP contribution is 2.31. The summed E-state index contributed by atoms with van der Waals surface area (Å²) in [7, 11) is 0. The van der Waals surface area contributed by atoms with Gasteiger partial charge in [0.15, 0.2) is 0 Å². The zero-order chi connectivity index (χ0) is 12.3. The Kier molecular flexibility index (Phi) is 4.00. The average molecular weight is 255 g/mol. The second kappa shape index (κ2) is 5.07. The molecule has 1 aromatic carbocycles. The molecule has 0 aromatic heterocycles. The Bertz CT molecular complexity index is 409. The molecule has 0 radical (unpaired) electrons. The Balaban J connectivity index is 3.10. The predicted octanol–water partition coefficient (Wildman–Crippen LogP) is 2.71. The van der Waals surface area contributed by atoms with Crippen molar-refractivity contribution in [3.05, 3.63) is 28.5 Å². The normalized spacial score (nSPS) is 10.6. The number of benzene rings is 1. The molecule has 1 N–H and O–H groups in total. The highest BCUT2D eigenvalue weighted by atomic mass is 35.5. The van der Waals surface area contributed by atoms with Crippen LogP contribution in [0.15, 0.2) is 12.1 Å². The molecule has 0 fully saturated rings. The molecule has 0 aliphatic rings. The summed E-state index contributed by atoms with van der Waals surface area (Å²) in [5.74, 6) is -2.72. The van der Waals surface area contributed by atoms with Crippen molar-refractivity contribution in [3.63, 3.8) is 0 Å². The first-order valence-electron chi connectivity index (χ1n) is 4.04. The lowest BCUT2D eigenvalue weighted by Gasteiger charge is -2.09. The lowest BCUT2D eigenvalue weighted by Crippen LogP contribution is -2.06. The molecule has 0 aliphatic carbocycles. The molecule has 16 heavy (non-hydrogen) atoms. The van der Waals surface area contributed by atoms with E-state index in [4.69, 9.17) is 16.7 Å². The van der Waals surface area contributed by atoms with Crippen molar-refractivity contribution >= 4 is 17.6 Å². The van der Waals surface area contributed by atoms with E-state index >= 15 is 0 Å². The molecule has 0 spiro atoms. The maximum Gasteiger partial charge on any atom is 0.387 e. The fourth-order valence-electron chi connectivity index (χ4n) is 1.09. The van der Waals surface area contributed by atoms with Gasteiger partial charge < -0.3 is 9.84 Å². The van der Waals surface area contributed by atoms with Crippen molar-refractivity contribution < 1.29 is 27.8 Å². The summed E-state index contributed by atoms with van der Waals surface area (Å²) in [6, 6.07) is 1.52. The summed E-state index contributed by atoms with van der Waals surface area (Å²) in [4.78, 5) is 10.4. The van der Waals surface area contributed by atoms with Gasteiger partial charge in [0.25, 0.3) is 0 Å². The number of hydrogen-bond acceptors (Lipinski definition) is 2. The van der Waals surface area contributed by atoms with Crippen LogP contribution in [-0.2, 0) is 11.2 Å². The average Bonchev–Trinajstić information content (AvgIpc) is 2.11. The third kappa shape index (κ3) is 3.30. The van der Waals surface area contributed by atoms with Crippen molar-refractivity contribution in [3.8, 4) is 5.75 Å². The van der Waals surface area contributed by atoms with Crippen LogP contribution in [0.1, 0.15) is 5.56 Å². The van der Waals surface area contributed by atoms with Gasteiger partial charge in [-0.05, 0) is 11.6 Å². The Morgan fingerprint density at radius 2 is 2.12 bits per heavy atom. The van der Waals surface area contributed by atoms with Crippen LogP contribution in [0.4, 0.5) is 13.2 Å². The van der Waals surface area contributed by atoms with Crippen LogP contribution in [0.25, 0.3) is 0 Å². The molecule has 1 aromatic rings. The van der Waals surface area contributed by atoms with Gasteiger partial charge in [0.1, 0.15) is 11.6 Å². The van der Waals surface area contributed by atoms with Gasteiger partial charge in [0, 0.05) is 6.07 Å². The first-order valence-corrected chi connectivity index (χ1v) is 4.42. The summed E-state index contributed by atoms with van der Waals surface area (Å²) >= 11 is 5.58. The molecule has 0 saturated heterocycles. The summed E-state index contributed by atoms with van der Waals surface area (Å²) in [6.45, 7) is -3.16. The summed E-state index contributed by atoms with van der Waals surface area (Å²) in [6.07, 6.45) is -0.573. The standard InChI is InChI=1S/C9H6ClF3O3/c10-8-4(2-7(14)15)1-5(11)3-6(8)16-9(12)13/h1,3,9H,2H2,(H,14,15). The summed E-state index contributed by atoms with van der Waals surface area (Å²) < 4.78 is 40.7. The van der Waals surface area contributed by atoms with Gasteiger partial charge >= 0.3 is 12.6 Å². The number of carbonyl (C=O) groups is 1. The number of hydrogen-bond donors (Lipinski definition) is 1. The van der Waals surface area contributed by atoms with Crippen molar-refractivity contribution in [1.82, 2.24) is 0 Å². The lowest BCUT2D eigenvalue weighted by atomic mass is 10.1. The van der Waals surface area contributed by atoms with E-state index in [-0.39, 0.29) is 10.6 Å². The molecule has 0 bridgehead atoms. The zero-order valence-corrected chi connectivity index (χ0v) is 8.47. The number of rotatable bonds is 4. The minimum Gasteiger partial charge on any atom is -0.481 e. The fraction of sp³-hybridized carbons (Fsp3) is 0.222. The van der Waals surface area contributed by atoms with E-state index in [1.165, 1.54) is 0 Å². The van der Waals surface area contributed by atoms with Gasteiger partial charge in [-0.15, -0.1) is 0 Å². The van der Waals surface area contributed by atoms with Gasteiger partial charge in [-0.3, -0.25) is 4.79 Å². The minimum atomic E-state index is -3.16. The monoisotopic (exact) mass is 254 g/mol. The maximum absolute atomic E-state index is 12.9. The molecule has 0 heterocycles. The highest BCUT2D eigenvalue weighted by Gasteiger charge is 2.15. The molecular weight excluding hydrogens is 249 g/mol. The molecule has 0 atom stereocenters. The largest absolute Gasteiger partial charge is 0.481 e. The Hall–Kier alpha value is -1.43. The summed E-state index contributed by atoms with van der Waals surface area (Å²) in [5.41, 5.74) is -0.121. The van der Waals surface area contributed by atoms with Gasteiger partial charge in [0.2, 0.25) is 0 Å². The molecule has 1 rings (SSSR count). The third-order valence-electron chi connectivity index (χ3n) is 1.64. The number of halogens is 4. The number of alkyl halides is 2. The molecular formula is C9H6ClF3O3. The van der Waals surface area contributed by atoms with Gasteiger partial charge in [-0.25, -0.2) is 4.39 Å². The van der Waals surface area contributed by atoms with Crippen LogP contribution < -0.4 is 4.74 Å². The van der Waals surface area contributed by atoms with Crippen LogP contribution in [0, 0.1) is 5.82 Å². The molecule has 0 unspecified atom stereocenters. The van der Waals surface area contributed by atoms with E-state index < -0.39 is 30.6 Å². The van der Waals surface area contributed by atoms with Crippen LogP contribution in [0.5, 0.6) is 5.75 Å². The fourth-order valence-corrected chi connectivity index (χ4v) is 1.31. The third-order valence-corrected chi connectivity index (χ3v) is 2.07. The second-order valence-electron chi connectivity index (χ2n) is 2.83. The number of ether oxygens (including phenoxy) is 1. The smallest absolute Gasteiger partial charge is 0.387 e. The quantitative estimate of drug-likeness (QED) is 0.899. The van der Waals surface area contributed by atoms with Crippen LogP contribution in [0.3, 0.4) is 0 Å². The van der Waals surface area contributed by atoms with E-state index in [0.717, 1.165) is 6.07 Å². The first-order chi connectivity index (χ1) is 7.40. The van der Waals surface area contributed by atoms with E-state index in [1.54, 1.807) is 0 Å². The van der Waals surface area contributed by atoms with Crippen molar-refractivity contribution in [2.24, 2.45) is 0 Å². The lowest BCUT2D eigenvalue weighted by molar-refractivity contribution is -0.136. The molecule has 3 nitrogen and oxygen atoms in total. The Labute approximate surface area is 93.4 Å². The highest BCUT2D eigenvalue weighted by molar-refractivity contribution is 6.33. The number of carboxylic acid groups (broad SMARTS) is 1. The molecule has 0 amide bonds. The van der Waals surface area contributed by atoms with E-state index in [9.17, 15) is 18.0 Å². The number of carboxylic acids is 1. The van der Waals surface area contributed by atoms with Crippen LogP contribution in [0.2, 0.25) is 5.02 Å². The van der Waals surface area contributed by atoms with Crippen LogP contribution >= 0.6 is 11.6 Å². The summed E-state index contributed by atoms with van der Waals surface area (Å²) in [5, 5.41) is 8.16. The molecule has 0 aliphatic heterocycles. The molecule has 88 valence electrons. The first kappa shape index (κ1) is 12.6. The topological polar surface area (TPSA) is 46.5 Å². The minimum absolute atomic E-state index is 0.121. The van der Waals surface area contributed by atoms with E-state index in [1.807, 2.05) is 0 Å². The van der Waals surface area contributed by atoms with Gasteiger partial charge in [-0.2, -0.15) is 8.78 Å².